The van der Waals surface area contributed by atoms with E-state index in [-0.39, 0.29) is 5.97 Å². The lowest BCUT2D eigenvalue weighted by Crippen LogP contribution is -2.19. The third-order valence-corrected chi connectivity index (χ3v) is 3.41. The second kappa shape index (κ2) is 10.9. The molecule has 1 aromatic carbocycles. The van der Waals surface area contributed by atoms with E-state index in [4.69, 9.17) is 9.94 Å². The van der Waals surface area contributed by atoms with E-state index >= 15 is 0 Å². The van der Waals surface area contributed by atoms with E-state index < -0.39 is 5.92 Å². The van der Waals surface area contributed by atoms with E-state index in [1.807, 2.05) is 6.07 Å². The topological polar surface area (TPSA) is 58.9 Å². The molecule has 0 heterocycles. The number of oxime groups is 1. The lowest BCUT2D eigenvalue weighted by Gasteiger charge is -2.10. The van der Waals surface area contributed by atoms with Crippen molar-refractivity contribution in [3.05, 3.63) is 35.9 Å². The van der Waals surface area contributed by atoms with Crippen LogP contribution in [0.1, 0.15) is 44.6 Å². The van der Waals surface area contributed by atoms with Gasteiger partial charge in [-0.15, -0.1) is 5.16 Å². The maximum Gasteiger partial charge on any atom is 0.314 e. The quantitative estimate of drug-likeness (QED) is 0.234. The molecule has 1 N–H and O–H groups in total. The van der Waals surface area contributed by atoms with Gasteiger partial charge in [0.1, 0.15) is 0 Å². The number of nitrogens with zero attached hydrogens (tertiary/aromatic N) is 1. The zero-order valence-electron chi connectivity index (χ0n) is 12.7. The van der Waals surface area contributed by atoms with Crippen molar-refractivity contribution in [1.29, 1.82) is 0 Å². The van der Waals surface area contributed by atoms with Gasteiger partial charge in [0.25, 0.3) is 0 Å². The molecular weight excluding hydrogens is 266 g/mol. The molecule has 0 aliphatic rings. The second-order valence-electron chi connectivity index (χ2n) is 5.06. The van der Waals surface area contributed by atoms with Gasteiger partial charge in [0.2, 0.25) is 0 Å². The first-order valence-corrected chi connectivity index (χ1v) is 7.66. The molecule has 0 bridgehead atoms. The van der Waals surface area contributed by atoms with E-state index in [0.29, 0.717) is 13.0 Å². The average Bonchev–Trinajstić information content (AvgIpc) is 2.51. The third-order valence-electron chi connectivity index (χ3n) is 3.41. The molecule has 0 radical (unpaired) electrons. The van der Waals surface area contributed by atoms with Gasteiger partial charge in [-0.1, -0.05) is 49.6 Å². The van der Waals surface area contributed by atoms with Gasteiger partial charge in [0.15, 0.2) is 0 Å². The number of ether oxygens (including phenoxy) is 1. The molecule has 1 atom stereocenters. The smallest absolute Gasteiger partial charge is 0.314 e. The van der Waals surface area contributed by atoms with Crippen LogP contribution in [0.4, 0.5) is 0 Å². The summed E-state index contributed by atoms with van der Waals surface area (Å²) in [5.74, 6) is -0.733. The van der Waals surface area contributed by atoms with Crippen molar-refractivity contribution >= 4 is 12.2 Å². The standard InChI is InChI=1S/C17H25NO3/c1-2-21-17(19)16(14-18-20)13-9-4-3-6-10-15-11-7-5-8-12-15/h5,7-8,11-12,14,16,20H,2-4,6,9-10,13H2,1H3/b18-14-. The number of unbranched alkanes of at least 4 members (excludes halogenated alkanes) is 3. The molecule has 1 unspecified atom stereocenters. The maximum absolute atomic E-state index is 11.6. The highest BCUT2D eigenvalue weighted by Gasteiger charge is 2.17. The minimum Gasteiger partial charge on any atom is -0.465 e. The van der Waals surface area contributed by atoms with Gasteiger partial charge in [0, 0.05) is 0 Å². The molecule has 0 fully saturated rings. The van der Waals surface area contributed by atoms with E-state index in [1.54, 1.807) is 6.92 Å². The highest BCUT2D eigenvalue weighted by atomic mass is 16.5. The van der Waals surface area contributed by atoms with Crippen molar-refractivity contribution in [2.45, 2.75) is 45.4 Å². The molecule has 0 amide bonds. The van der Waals surface area contributed by atoms with Crippen LogP contribution in [0.25, 0.3) is 0 Å². The molecule has 1 aromatic rings. The molecule has 0 saturated carbocycles. The molecule has 4 heteroatoms. The zero-order chi connectivity index (χ0) is 15.3. The Labute approximate surface area is 126 Å². The average molecular weight is 291 g/mol. The summed E-state index contributed by atoms with van der Waals surface area (Å²) in [5.41, 5.74) is 1.37. The van der Waals surface area contributed by atoms with Crippen LogP contribution < -0.4 is 0 Å². The number of hydrogen-bond acceptors (Lipinski definition) is 4. The summed E-state index contributed by atoms with van der Waals surface area (Å²) in [7, 11) is 0. The number of esters is 1. The normalized spacial score (nSPS) is 12.4. The first-order valence-electron chi connectivity index (χ1n) is 7.66. The summed E-state index contributed by atoms with van der Waals surface area (Å²) in [6.07, 6.45) is 7.34. The summed E-state index contributed by atoms with van der Waals surface area (Å²) in [6, 6.07) is 10.5. The Kier molecular flexibility index (Phi) is 8.93. The molecule has 0 aromatic heterocycles. The Morgan fingerprint density at radius 1 is 1.24 bits per heavy atom. The van der Waals surface area contributed by atoms with Crippen LogP contribution in [0.2, 0.25) is 0 Å². The minimum absolute atomic E-state index is 0.306. The minimum atomic E-state index is -0.427. The van der Waals surface area contributed by atoms with Gasteiger partial charge >= 0.3 is 5.97 Å². The van der Waals surface area contributed by atoms with Crippen LogP contribution in [0.5, 0.6) is 0 Å². The Hall–Kier alpha value is -1.84. The SMILES string of the molecule is CCOC(=O)C(/C=N\O)CCCCCCc1ccccc1. The lowest BCUT2D eigenvalue weighted by atomic mass is 10.0. The Morgan fingerprint density at radius 3 is 2.62 bits per heavy atom. The van der Waals surface area contributed by atoms with Crippen molar-refractivity contribution in [2.75, 3.05) is 6.61 Å². The monoisotopic (exact) mass is 291 g/mol. The van der Waals surface area contributed by atoms with E-state index in [9.17, 15) is 4.79 Å². The van der Waals surface area contributed by atoms with E-state index in [0.717, 1.165) is 32.1 Å². The molecule has 0 aliphatic carbocycles. The van der Waals surface area contributed by atoms with Gasteiger partial charge in [-0.05, 0) is 31.7 Å². The summed E-state index contributed by atoms with van der Waals surface area (Å²) in [6.45, 7) is 2.13. The van der Waals surface area contributed by atoms with Crippen molar-refractivity contribution in [1.82, 2.24) is 0 Å². The van der Waals surface area contributed by atoms with Gasteiger partial charge in [-0.25, -0.2) is 0 Å². The molecule has 116 valence electrons. The van der Waals surface area contributed by atoms with Crippen LogP contribution in [-0.2, 0) is 16.0 Å². The van der Waals surface area contributed by atoms with Crippen molar-refractivity contribution < 1.29 is 14.7 Å². The summed E-state index contributed by atoms with van der Waals surface area (Å²) in [5, 5.41) is 11.6. The summed E-state index contributed by atoms with van der Waals surface area (Å²) < 4.78 is 4.95. The number of benzene rings is 1. The lowest BCUT2D eigenvalue weighted by molar-refractivity contribution is -0.145. The van der Waals surface area contributed by atoms with Gasteiger partial charge in [-0.3, -0.25) is 4.79 Å². The number of carbonyl (C=O) groups is 1. The highest BCUT2D eigenvalue weighted by molar-refractivity contribution is 5.89. The molecule has 0 spiro atoms. The first-order chi connectivity index (χ1) is 10.3. The second-order valence-corrected chi connectivity index (χ2v) is 5.06. The van der Waals surface area contributed by atoms with Crippen LogP contribution in [0, 0.1) is 5.92 Å². The largest absolute Gasteiger partial charge is 0.465 e. The van der Waals surface area contributed by atoms with Crippen LogP contribution in [0.15, 0.2) is 35.5 Å². The fourth-order valence-electron chi connectivity index (χ4n) is 2.27. The van der Waals surface area contributed by atoms with Gasteiger partial charge in [-0.2, -0.15) is 0 Å². The van der Waals surface area contributed by atoms with Gasteiger partial charge in [0.05, 0.1) is 18.7 Å². The summed E-state index contributed by atoms with van der Waals surface area (Å²) in [4.78, 5) is 11.6. The Morgan fingerprint density at radius 2 is 1.95 bits per heavy atom. The van der Waals surface area contributed by atoms with Crippen LogP contribution in [-0.4, -0.2) is 24.0 Å². The molecule has 4 nitrogen and oxygen atoms in total. The predicted molar refractivity (Wildman–Crippen MR) is 83.6 cm³/mol. The van der Waals surface area contributed by atoms with Crippen molar-refractivity contribution in [3.63, 3.8) is 0 Å². The molecule has 0 saturated heterocycles. The number of rotatable bonds is 10. The van der Waals surface area contributed by atoms with Crippen LogP contribution >= 0.6 is 0 Å². The third kappa shape index (κ3) is 7.49. The highest BCUT2D eigenvalue weighted by Crippen LogP contribution is 2.13. The predicted octanol–water partition coefficient (Wildman–Crippen LogP) is 3.82. The van der Waals surface area contributed by atoms with Gasteiger partial charge < -0.3 is 9.94 Å². The van der Waals surface area contributed by atoms with E-state index in [1.165, 1.54) is 11.8 Å². The fraction of sp³-hybridized carbons (Fsp3) is 0.529. The van der Waals surface area contributed by atoms with E-state index in [2.05, 4.69) is 29.4 Å². The molecule has 0 aliphatic heterocycles. The first kappa shape index (κ1) is 17.2. The molecular formula is C17H25NO3. The number of carbonyl (C=O) groups excluding carboxylic acids is 1. The molecule has 21 heavy (non-hydrogen) atoms. The number of aryl methyl sites for hydroxylation is 1. The number of hydrogen-bond donors (Lipinski definition) is 1. The molecule has 1 rings (SSSR count). The Balaban J connectivity index is 2.15. The fourth-order valence-corrected chi connectivity index (χ4v) is 2.27. The van der Waals surface area contributed by atoms with Crippen molar-refractivity contribution in [2.24, 2.45) is 11.1 Å². The van der Waals surface area contributed by atoms with Crippen molar-refractivity contribution in [3.8, 4) is 0 Å². The zero-order valence-corrected chi connectivity index (χ0v) is 12.7. The van der Waals surface area contributed by atoms with Crippen LogP contribution in [0.3, 0.4) is 0 Å². The Bertz CT molecular complexity index is 417. The summed E-state index contributed by atoms with van der Waals surface area (Å²) >= 11 is 0. The maximum atomic E-state index is 11.6.